The van der Waals surface area contributed by atoms with Crippen molar-refractivity contribution in [2.45, 2.75) is 24.6 Å². The van der Waals surface area contributed by atoms with E-state index in [4.69, 9.17) is 9.47 Å². The molecule has 0 spiro atoms. The lowest BCUT2D eigenvalue weighted by molar-refractivity contribution is 0.102. The Kier molecular flexibility index (Phi) is 6.72. The van der Waals surface area contributed by atoms with E-state index in [1.165, 1.54) is 11.8 Å². The molecule has 0 aliphatic carbocycles. The Hall–Kier alpha value is -3.06. The zero-order valence-corrected chi connectivity index (χ0v) is 17.7. The Morgan fingerprint density at radius 2 is 1.90 bits per heavy atom. The van der Waals surface area contributed by atoms with Crippen LogP contribution in [0.1, 0.15) is 27.2 Å². The molecule has 0 atom stereocenters. The van der Waals surface area contributed by atoms with Gasteiger partial charge < -0.3 is 14.8 Å². The maximum atomic E-state index is 12.9. The monoisotopic (exact) mass is 409 g/mol. The summed E-state index contributed by atoms with van der Waals surface area (Å²) in [6.45, 7) is 3.85. The molecule has 2 aromatic heterocycles. The zero-order valence-electron chi connectivity index (χ0n) is 16.9. The van der Waals surface area contributed by atoms with E-state index in [9.17, 15) is 4.79 Å². The molecule has 0 aliphatic rings. The number of amides is 1. The number of hydrogen-bond donors (Lipinski definition) is 1. The third kappa shape index (κ3) is 4.86. The van der Waals surface area contributed by atoms with Crippen LogP contribution in [0.4, 0.5) is 5.69 Å². The van der Waals surface area contributed by atoms with Gasteiger partial charge in [0, 0.05) is 41.2 Å². The molecule has 3 aromatic rings. The maximum absolute atomic E-state index is 12.9. The van der Waals surface area contributed by atoms with Crippen LogP contribution in [-0.2, 0) is 5.75 Å². The lowest BCUT2D eigenvalue weighted by Crippen LogP contribution is -2.15. The number of anilines is 1. The van der Waals surface area contributed by atoms with E-state index in [0.717, 1.165) is 34.0 Å². The Bertz CT molecular complexity index is 1020. The first kappa shape index (κ1) is 20.7. The van der Waals surface area contributed by atoms with Gasteiger partial charge in [0.05, 0.1) is 19.8 Å². The fourth-order valence-corrected chi connectivity index (χ4v) is 3.74. The lowest BCUT2D eigenvalue weighted by Gasteiger charge is -2.13. The average Bonchev–Trinajstić information content (AvgIpc) is 2.75. The van der Waals surface area contributed by atoms with E-state index in [0.29, 0.717) is 16.3 Å². The van der Waals surface area contributed by atoms with E-state index in [1.807, 2.05) is 32.0 Å². The molecule has 0 radical (unpaired) electrons. The van der Waals surface area contributed by atoms with Gasteiger partial charge in [-0.1, -0.05) is 6.07 Å². The van der Waals surface area contributed by atoms with Gasteiger partial charge >= 0.3 is 0 Å². The summed E-state index contributed by atoms with van der Waals surface area (Å²) in [6.07, 6.45) is 3.37. The topological polar surface area (TPSA) is 73.3 Å². The minimum absolute atomic E-state index is 0.198. The van der Waals surface area contributed by atoms with E-state index in [1.54, 1.807) is 44.8 Å². The first-order chi connectivity index (χ1) is 14.0. The number of benzene rings is 1. The Labute approximate surface area is 174 Å². The van der Waals surface area contributed by atoms with Crippen LogP contribution in [0.2, 0.25) is 0 Å². The van der Waals surface area contributed by atoms with E-state index >= 15 is 0 Å². The number of pyridine rings is 2. The molecule has 0 saturated heterocycles. The predicted molar refractivity (Wildman–Crippen MR) is 115 cm³/mol. The number of carbonyl (C=O) groups excluding carboxylic acids is 1. The average molecular weight is 410 g/mol. The summed E-state index contributed by atoms with van der Waals surface area (Å²) in [5, 5.41) is 3.63. The molecule has 3 rings (SSSR count). The molecule has 1 aromatic carbocycles. The van der Waals surface area contributed by atoms with Crippen LogP contribution >= 0.6 is 11.8 Å². The summed E-state index contributed by atoms with van der Waals surface area (Å²) < 4.78 is 10.7. The number of hydrogen-bond acceptors (Lipinski definition) is 6. The van der Waals surface area contributed by atoms with Gasteiger partial charge in [0.2, 0.25) is 0 Å². The van der Waals surface area contributed by atoms with Crippen molar-refractivity contribution in [3.63, 3.8) is 0 Å². The zero-order chi connectivity index (χ0) is 20.8. The second kappa shape index (κ2) is 9.43. The van der Waals surface area contributed by atoms with E-state index < -0.39 is 0 Å². The second-order valence-electron chi connectivity index (χ2n) is 6.35. The van der Waals surface area contributed by atoms with Gasteiger partial charge in [-0.25, -0.2) is 4.98 Å². The van der Waals surface area contributed by atoms with Crippen molar-refractivity contribution >= 4 is 23.4 Å². The number of rotatable bonds is 7. The highest BCUT2D eigenvalue weighted by atomic mass is 32.2. The van der Waals surface area contributed by atoms with Crippen LogP contribution in [0.5, 0.6) is 11.5 Å². The number of thioether (sulfide) groups is 1. The molecule has 29 heavy (non-hydrogen) atoms. The Balaban J connectivity index is 1.79. The Morgan fingerprint density at radius 1 is 1.07 bits per heavy atom. The van der Waals surface area contributed by atoms with Gasteiger partial charge in [-0.05, 0) is 43.7 Å². The molecular formula is C22H23N3O3S. The molecule has 6 nitrogen and oxygen atoms in total. The third-order valence-corrected chi connectivity index (χ3v) is 5.63. The number of aromatic nitrogens is 2. The van der Waals surface area contributed by atoms with Crippen molar-refractivity contribution in [1.82, 2.24) is 9.97 Å². The largest absolute Gasteiger partial charge is 0.497 e. The van der Waals surface area contributed by atoms with Gasteiger partial charge in [0.15, 0.2) is 0 Å². The summed E-state index contributed by atoms with van der Waals surface area (Å²) in [4.78, 5) is 21.5. The molecule has 2 heterocycles. The Morgan fingerprint density at radius 3 is 2.66 bits per heavy atom. The molecule has 150 valence electrons. The van der Waals surface area contributed by atoms with E-state index in [2.05, 4.69) is 15.3 Å². The van der Waals surface area contributed by atoms with Gasteiger partial charge in [-0.2, -0.15) is 0 Å². The van der Waals surface area contributed by atoms with Crippen LogP contribution in [0, 0.1) is 13.8 Å². The van der Waals surface area contributed by atoms with Crippen molar-refractivity contribution in [2.75, 3.05) is 19.5 Å². The summed E-state index contributed by atoms with van der Waals surface area (Å²) in [5.41, 5.74) is 4.10. The number of aryl methyl sites for hydroxylation is 1. The van der Waals surface area contributed by atoms with Gasteiger partial charge in [0.1, 0.15) is 16.5 Å². The van der Waals surface area contributed by atoms with Crippen molar-refractivity contribution in [1.29, 1.82) is 0 Å². The quantitative estimate of drug-likeness (QED) is 0.573. The minimum Gasteiger partial charge on any atom is -0.497 e. The van der Waals surface area contributed by atoms with Crippen molar-refractivity contribution in [3.8, 4) is 11.5 Å². The fourth-order valence-electron chi connectivity index (χ4n) is 2.76. The summed E-state index contributed by atoms with van der Waals surface area (Å²) in [6, 6.07) is 11.0. The molecule has 0 fully saturated rings. The number of methoxy groups -OCH3 is 2. The highest BCUT2D eigenvalue weighted by molar-refractivity contribution is 7.98. The summed E-state index contributed by atoms with van der Waals surface area (Å²) >= 11 is 1.48. The molecular weight excluding hydrogens is 386 g/mol. The summed E-state index contributed by atoms with van der Waals surface area (Å²) in [5.74, 6) is 1.88. The van der Waals surface area contributed by atoms with E-state index in [-0.39, 0.29) is 5.91 Å². The van der Waals surface area contributed by atoms with Gasteiger partial charge in [-0.3, -0.25) is 9.78 Å². The first-order valence-corrected chi connectivity index (χ1v) is 10.0. The van der Waals surface area contributed by atoms with Crippen LogP contribution in [-0.4, -0.2) is 30.1 Å². The molecule has 7 heteroatoms. The molecule has 1 amide bonds. The number of ether oxygens (including phenoxy) is 2. The lowest BCUT2D eigenvalue weighted by atomic mass is 10.2. The van der Waals surface area contributed by atoms with Crippen LogP contribution in [0.15, 0.2) is 53.8 Å². The smallest absolute Gasteiger partial charge is 0.258 e. The summed E-state index contributed by atoms with van der Waals surface area (Å²) in [7, 11) is 3.25. The number of carbonyl (C=O) groups is 1. The molecule has 1 N–H and O–H groups in total. The molecule has 0 aliphatic heterocycles. The molecule has 0 unspecified atom stereocenters. The van der Waals surface area contributed by atoms with Crippen molar-refractivity contribution < 1.29 is 14.3 Å². The number of nitrogens with zero attached hydrogens (tertiary/aromatic N) is 2. The minimum atomic E-state index is -0.198. The van der Waals surface area contributed by atoms with Crippen LogP contribution in [0.3, 0.4) is 0 Å². The van der Waals surface area contributed by atoms with Crippen LogP contribution in [0.25, 0.3) is 0 Å². The van der Waals surface area contributed by atoms with Crippen LogP contribution < -0.4 is 14.8 Å². The highest BCUT2D eigenvalue weighted by Gasteiger charge is 2.15. The second-order valence-corrected chi connectivity index (χ2v) is 7.31. The van der Waals surface area contributed by atoms with Gasteiger partial charge in [-0.15, -0.1) is 11.8 Å². The van der Waals surface area contributed by atoms with Crippen molar-refractivity contribution in [3.05, 3.63) is 71.2 Å². The normalized spacial score (nSPS) is 10.5. The third-order valence-electron chi connectivity index (χ3n) is 4.58. The standard InChI is InChI=1S/C22H23N3O3S/c1-14-15(2)23-11-9-19(14)25-21(26)18-6-5-10-24-22(18)29-13-16-7-8-17(27-3)12-20(16)28-4/h5-12H,13H2,1-4H3,(H,23,25,26). The maximum Gasteiger partial charge on any atom is 0.258 e. The molecule has 0 saturated carbocycles. The first-order valence-electron chi connectivity index (χ1n) is 9.05. The van der Waals surface area contributed by atoms with Crippen molar-refractivity contribution in [2.24, 2.45) is 0 Å². The SMILES string of the molecule is COc1ccc(CSc2ncccc2C(=O)Nc2ccnc(C)c2C)c(OC)c1. The van der Waals surface area contributed by atoms with Gasteiger partial charge in [0.25, 0.3) is 5.91 Å². The fraction of sp³-hybridized carbons (Fsp3) is 0.227. The number of nitrogens with one attached hydrogen (secondary N) is 1. The predicted octanol–water partition coefficient (Wildman–Crippen LogP) is 4.66. The highest BCUT2D eigenvalue weighted by Crippen LogP contribution is 2.31. The molecule has 0 bridgehead atoms.